The molecule has 0 bridgehead atoms. The van der Waals surface area contributed by atoms with Gasteiger partial charge in [0.05, 0.1) is 5.01 Å². The van der Waals surface area contributed by atoms with Gasteiger partial charge >= 0.3 is 6.18 Å². The number of hydrogen-bond donors (Lipinski definition) is 2. The highest BCUT2D eigenvalue weighted by Crippen LogP contribution is 2.30. The van der Waals surface area contributed by atoms with Crippen molar-refractivity contribution in [1.29, 1.82) is 0 Å². The predicted octanol–water partition coefficient (Wildman–Crippen LogP) is 4.35. The van der Waals surface area contributed by atoms with Crippen LogP contribution in [-0.4, -0.2) is 31.1 Å². The molecule has 4 nitrogen and oxygen atoms in total. The smallest absolute Gasteiger partial charge is 0.356 e. The summed E-state index contributed by atoms with van der Waals surface area (Å²) >= 11 is 2.69. The maximum atomic E-state index is 12.5. The minimum absolute atomic E-state index is 0. The first-order valence-electron chi connectivity index (χ1n) is 7.38. The molecule has 25 heavy (non-hydrogen) atoms. The molecule has 0 fully saturated rings. The lowest BCUT2D eigenvalue weighted by atomic mass is 10.1. The van der Waals surface area contributed by atoms with Crippen LogP contribution >= 0.6 is 46.7 Å². The highest BCUT2D eigenvalue weighted by molar-refractivity contribution is 14.0. The van der Waals surface area contributed by atoms with E-state index in [-0.39, 0.29) is 24.0 Å². The third-order valence-electron chi connectivity index (χ3n) is 3.39. The van der Waals surface area contributed by atoms with E-state index >= 15 is 0 Å². The first-order valence-corrected chi connectivity index (χ1v) is 9.20. The zero-order valence-corrected chi connectivity index (χ0v) is 17.7. The van der Waals surface area contributed by atoms with Crippen molar-refractivity contribution in [1.82, 2.24) is 15.6 Å². The van der Waals surface area contributed by atoms with E-state index in [1.807, 2.05) is 5.38 Å². The van der Waals surface area contributed by atoms with Gasteiger partial charge in [0.15, 0.2) is 11.7 Å². The van der Waals surface area contributed by atoms with Crippen LogP contribution < -0.4 is 10.6 Å². The number of rotatable bonds is 6. The summed E-state index contributed by atoms with van der Waals surface area (Å²) in [6, 6.07) is 2.09. The van der Waals surface area contributed by atoms with E-state index < -0.39 is 11.9 Å². The number of thiazole rings is 1. The van der Waals surface area contributed by atoms with Crippen LogP contribution in [0.4, 0.5) is 13.2 Å². The molecule has 0 aliphatic carbocycles. The third-order valence-corrected chi connectivity index (χ3v) is 5.00. The van der Waals surface area contributed by atoms with Crippen LogP contribution in [0, 0.1) is 0 Å². The molecule has 0 saturated heterocycles. The summed E-state index contributed by atoms with van der Waals surface area (Å²) in [5, 5.41) is 12.0. The fourth-order valence-corrected chi connectivity index (χ4v) is 3.57. The van der Waals surface area contributed by atoms with Gasteiger partial charge in [-0.15, -0.1) is 35.3 Å². The Balaban J connectivity index is 0.00000312. The second kappa shape index (κ2) is 10.3. The minimum Gasteiger partial charge on any atom is -0.356 e. The Bertz CT molecular complexity index is 656. The standard InChI is InChI=1S/C15H19F3N4S2.HI/c1-10(11-4-6-23-8-11)7-21-14(19-2)20-5-3-13-22-12(9-24-13)15(16,17)18;/h4,6,8-10H,3,5,7H2,1-2H3,(H2,19,20,21);1H. The number of aliphatic imine (C=N–C) groups is 1. The summed E-state index contributed by atoms with van der Waals surface area (Å²) in [5.74, 6) is 0.979. The molecule has 2 rings (SSSR count). The molecule has 0 radical (unpaired) electrons. The molecule has 2 aromatic heterocycles. The molecule has 1 atom stereocenters. The number of nitrogens with zero attached hydrogens (tertiary/aromatic N) is 2. The highest BCUT2D eigenvalue weighted by Gasteiger charge is 2.33. The average Bonchev–Trinajstić information content (AvgIpc) is 3.20. The number of hydrogen-bond acceptors (Lipinski definition) is 4. The monoisotopic (exact) mass is 504 g/mol. The van der Waals surface area contributed by atoms with Crippen molar-refractivity contribution in [3.8, 4) is 0 Å². The maximum absolute atomic E-state index is 12.5. The summed E-state index contributed by atoms with van der Waals surface area (Å²) < 4.78 is 37.5. The summed E-state index contributed by atoms with van der Waals surface area (Å²) in [4.78, 5) is 7.72. The first kappa shape index (κ1) is 22.2. The Morgan fingerprint density at radius 3 is 2.64 bits per heavy atom. The number of nitrogens with one attached hydrogen (secondary N) is 2. The van der Waals surface area contributed by atoms with Crippen molar-refractivity contribution in [2.24, 2.45) is 4.99 Å². The lowest BCUT2D eigenvalue weighted by molar-refractivity contribution is -0.140. The summed E-state index contributed by atoms with van der Waals surface area (Å²) in [6.45, 7) is 3.32. The molecular formula is C15H20F3IN4S2. The van der Waals surface area contributed by atoms with E-state index in [9.17, 15) is 13.2 Å². The van der Waals surface area contributed by atoms with E-state index in [1.165, 1.54) is 5.56 Å². The Labute approximate surface area is 170 Å². The number of aromatic nitrogens is 1. The molecule has 0 amide bonds. The predicted molar refractivity (Wildman–Crippen MR) is 108 cm³/mol. The minimum atomic E-state index is -4.38. The topological polar surface area (TPSA) is 49.3 Å². The molecule has 140 valence electrons. The van der Waals surface area contributed by atoms with Gasteiger partial charge in [0, 0.05) is 31.9 Å². The number of halogens is 4. The molecule has 1 unspecified atom stereocenters. The highest BCUT2D eigenvalue weighted by atomic mass is 127. The Morgan fingerprint density at radius 2 is 2.08 bits per heavy atom. The SMILES string of the molecule is CN=C(NCCc1nc(C(F)(F)F)cs1)NCC(C)c1ccsc1.I. The fraction of sp³-hybridized carbons (Fsp3) is 0.467. The lowest BCUT2D eigenvalue weighted by Gasteiger charge is -2.15. The van der Waals surface area contributed by atoms with Crippen LogP contribution in [0.5, 0.6) is 0 Å². The molecule has 0 aliphatic rings. The van der Waals surface area contributed by atoms with E-state index in [4.69, 9.17) is 0 Å². The van der Waals surface area contributed by atoms with Crippen molar-refractivity contribution in [3.05, 3.63) is 38.5 Å². The molecule has 0 aromatic carbocycles. The molecule has 0 spiro atoms. The first-order chi connectivity index (χ1) is 11.4. The molecule has 2 heterocycles. The van der Waals surface area contributed by atoms with Gasteiger partial charge in [-0.2, -0.15) is 24.5 Å². The van der Waals surface area contributed by atoms with Crippen molar-refractivity contribution in [2.75, 3.05) is 20.1 Å². The molecule has 0 aliphatic heterocycles. The Hall–Kier alpha value is -0.880. The van der Waals surface area contributed by atoms with Crippen molar-refractivity contribution in [3.63, 3.8) is 0 Å². The fourth-order valence-electron chi connectivity index (χ4n) is 1.99. The van der Waals surface area contributed by atoms with Gasteiger partial charge in [0.1, 0.15) is 0 Å². The van der Waals surface area contributed by atoms with Crippen LogP contribution in [0.15, 0.2) is 27.2 Å². The third kappa shape index (κ3) is 7.10. The maximum Gasteiger partial charge on any atom is 0.434 e. The van der Waals surface area contributed by atoms with E-state index in [2.05, 4.69) is 39.0 Å². The van der Waals surface area contributed by atoms with Crippen molar-refractivity contribution >= 4 is 52.6 Å². The molecule has 2 N–H and O–H groups in total. The van der Waals surface area contributed by atoms with E-state index in [0.29, 0.717) is 29.9 Å². The number of guanidine groups is 1. The number of alkyl halides is 3. The zero-order chi connectivity index (χ0) is 17.6. The van der Waals surface area contributed by atoms with Crippen molar-refractivity contribution < 1.29 is 13.2 Å². The molecular weight excluding hydrogens is 484 g/mol. The second-order valence-electron chi connectivity index (χ2n) is 5.21. The van der Waals surface area contributed by atoms with E-state index in [0.717, 1.165) is 23.3 Å². The largest absolute Gasteiger partial charge is 0.434 e. The zero-order valence-electron chi connectivity index (χ0n) is 13.8. The quantitative estimate of drug-likeness (QED) is 0.350. The Kier molecular flexibility index (Phi) is 9.14. The van der Waals surface area contributed by atoms with Gasteiger partial charge in [-0.1, -0.05) is 6.92 Å². The van der Waals surface area contributed by atoms with Crippen molar-refractivity contribution in [2.45, 2.75) is 25.4 Å². The van der Waals surface area contributed by atoms with Gasteiger partial charge in [-0.25, -0.2) is 4.98 Å². The summed E-state index contributed by atoms with van der Waals surface area (Å²) in [5.41, 5.74) is 0.444. The molecule has 0 saturated carbocycles. The average molecular weight is 504 g/mol. The van der Waals surface area contributed by atoms with Gasteiger partial charge in [0.2, 0.25) is 0 Å². The van der Waals surface area contributed by atoms with Crippen LogP contribution in [0.25, 0.3) is 0 Å². The van der Waals surface area contributed by atoms with Crippen LogP contribution in [0.2, 0.25) is 0 Å². The lowest BCUT2D eigenvalue weighted by Crippen LogP contribution is -2.39. The molecule has 2 aromatic rings. The normalized spacial score (nSPS) is 13.2. The van der Waals surface area contributed by atoms with Crippen LogP contribution in [0.1, 0.15) is 29.1 Å². The van der Waals surface area contributed by atoms with Crippen LogP contribution in [0.3, 0.4) is 0 Å². The van der Waals surface area contributed by atoms with Gasteiger partial charge < -0.3 is 10.6 Å². The Morgan fingerprint density at radius 1 is 1.32 bits per heavy atom. The summed E-state index contributed by atoms with van der Waals surface area (Å²) in [6.07, 6.45) is -3.96. The molecule has 10 heteroatoms. The number of thiophene rings is 1. The summed E-state index contributed by atoms with van der Waals surface area (Å²) in [7, 11) is 1.66. The van der Waals surface area contributed by atoms with Gasteiger partial charge in [0.25, 0.3) is 0 Å². The van der Waals surface area contributed by atoms with Gasteiger partial charge in [-0.3, -0.25) is 4.99 Å². The van der Waals surface area contributed by atoms with E-state index in [1.54, 1.807) is 18.4 Å². The van der Waals surface area contributed by atoms with Crippen LogP contribution in [-0.2, 0) is 12.6 Å². The second-order valence-corrected chi connectivity index (χ2v) is 6.93. The van der Waals surface area contributed by atoms with Gasteiger partial charge in [-0.05, 0) is 28.3 Å².